The Hall–Kier alpha value is -3.34. The zero-order chi connectivity index (χ0) is 18.4. The van der Waals surface area contributed by atoms with Crippen LogP contribution in [0.25, 0.3) is 0 Å². The van der Waals surface area contributed by atoms with Gasteiger partial charge in [-0.15, -0.1) is 0 Å². The quantitative estimate of drug-likeness (QED) is 0.702. The Kier molecular flexibility index (Phi) is 5.49. The third-order valence-electron chi connectivity index (χ3n) is 3.75. The fourth-order valence-corrected chi connectivity index (χ4v) is 2.38. The van der Waals surface area contributed by atoms with E-state index in [4.69, 9.17) is 9.47 Å². The lowest BCUT2D eigenvalue weighted by Gasteiger charge is -2.09. The number of rotatable bonds is 6. The molecule has 0 heterocycles. The van der Waals surface area contributed by atoms with Crippen LogP contribution in [-0.2, 0) is 6.61 Å². The summed E-state index contributed by atoms with van der Waals surface area (Å²) in [7, 11) is 1.60. The van der Waals surface area contributed by atoms with Crippen molar-refractivity contribution in [2.75, 3.05) is 12.4 Å². The number of ether oxygens (including phenoxy) is 2. The number of anilines is 1. The van der Waals surface area contributed by atoms with Crippen molar-refractivity contribution in [3.63, 3.8) is 0 Å². The van der Waals surface area contributed by atoms with Gasteiger partial charge in [-0.1, -0.05) is 24.3 Å². The van der Waals surface area contributed by atoms with Crippen molar-refractivity contribution in [1.29, 1.82) is 0 Å². The molecule has 0 unspecified atom stereocenters. The Labute approximate surface area is 151 Å². The van der Waals surface area contributed by atoms with Gasteiger partial charge in [-0.25, -0.2) is 4.39 Å². The Balaban J connectivity index is 1.60. The van der Waals surface area contributed by atoms with Crippen LogP contribution in [0.5, 0.6) is 11.5 Å². The SMILES string of the molecule is COc1cccc(OCc2ccc(C(=O)Nc3cccc(F)c3)cc2)c1. The lowest BCUT2D eigenvalue weighted by atomic mass is 10.1. The van der Waals surface area contributed by atoms with Gasteiger partial charge in [0.15, 0.2) is 0 Å². The molecule has 0 aliphatic carbocycles. The predicted molar refractivity (Wildman–Crippen MR) is 98.1 cm³/mol. The molecule has 1 amide bonds. The Morgan fingerprint density at radius 2 is 1.69 bits per heavy atom. The molecule has 3 aromatic rings. The fourth-order valence-electron chi connectivity index (χ4n) is 2.38. The van der Waals surface area contributed by atoms with Crippen molar-refractivity contribution in [3.8, 4) is 11.5 Å². The molecule has 26 heavy (non-hydrogen) atoms. The summed E-state index contributed by atoms with van der Waals surface area (Å²) >= 11 is 0. The van der Waals surface area contributed by atoms with Gasteiger partial charge < -0.3 is 14.8 Å². The minimum absolute atomic E-state index is 0.295. The first-order chi connectivity index (χ1) is 12.6. The highest BCUT2D eigenvalue weighted by atomic mass is 19.1. The summed E-state index contributed by atoms with van der Waals surface area (Å²) in [5, 5.41) is 2.66. The summed E-state index contributed by atoms with van der Waals surface area (Å²) in [6.07, 6.45) is 0. The Morgan fingerprint density at radius 3 is 2.42 bits per heavy atom. The monoisotopic (exact) mass is 351 g/mol. The molecule has 1 N–H and O–H groups in total. The molecule has 0 bridgehead atoms. The molecule has 0 atom stereocenters. The van der Waals surface area contributed by atoms with Crippen LogP contribution in [0, 0.1) is 5.82 Å². The first-order valence-corrected chi connectivity index (χ1v) is 8.07. The first kappa shape index (κ1) is 17.5. The molecular formula is C21H18FNO3. The molecule has 0 fully saturated rings. The number of hydrogen-bond acceptors (Lipinski definition) is 3. The molecule has 0 aromatic heterocycles. The average Bonchev–Trinajstić information content (AvgIpc) is 2.67. The second-order valence-electron chi connectivity index (χ2n) is 5.63. The van der Waals surface area contributed by atoms with Gasteiger partial charge in [0.2, 0.25) is 0 Å². The largest absolute Gasteiger partial charge is 0.497 e. The van der Waals surface area contributed by atoms with Gasteiger partial charge in [0.05, 0.1) is 7.11 Å². The van der Waals surface area contributed by atoms with Gasteiger partial charge in [-0.2, -0.15) is 0 Å². The maximum absolute atomic E-state index is 13.2. The zero-order valence-corrected chi connectivity index (χ0v) is 14.2. The maximum Gasteiger partial charge on any atom is 0.255 e. The fraction of sp³-hybridized carbons (Fsp3) is 0.0952. The Bertz CT molecular complexity index is 894. The normalized spacial score (nSPS) is 10.2. The maximum atomic E-state index is 13.2. The van der Waals surface area contributed by atoms with Gasteiger partial charge >= 0.3 is 0 Å². The summed E-state index contributed by atoms with van der Waals surface area (Å²) in [6, 6.07) is 20.2. The number of amides is 1. The van der Waals surface area contributed by atoms with Crippen LogP contribution < -0.4 is 14.8 Å². The number of carbonyl (C=O) groups is 1. The van der Waals surface area contributed by atoms with Gasteiger partial charge in [0.1, 0.15) is 23.9 Å². The molecule has 132 valence electrons. The van der Waals surface area contributed by atoms with E-state index in [-0.39, 0.29) is 5.91 Å². The molecule has 3 rings (SSSR count). The third kappa shape index (κ3) is 4.60. The summed E-state index contributed by atoms with van der Waals surface area (Å²) in [5.41, 5.74) is 1.83. The van der Waals surface area contributed by atoms with E-state index in [1.165, 1.54) is 12.1 Å². The van der Waals surface area contributed by atoms with Crippen LogP contribution in [0.1, 0.15) is 15.9 Å². The minimum Gasteiger partial charge on any atom is -0.497 e. The van der Waals surface area contributed by atoms with E-state index in [2.05, 4.69) is 5.32 Å². The van der Waals surface area contributed by atoms with Gasteiger partial charge in [0.25, 0.3) is 5.91 Å². The standard InChI is InChI=1S/C21H18FNO3/c1-25-19-6-3-7-20(13-19)26-14-15-8-10-16(11-9-15)21(24)23-18-5-2-4-17(22)12-18/h2-13H,14H2,1H3,(H,23,24). The lowest BCUT2D eigenvalue weighted by molar-refractivity contribution is 0.102. The number of hydrogen-bond donors (Lipinski definition) is 1. The molecule has 0 aliphatic rings. The van der Waals surface area contributed by atoms with Crippen molar-refractivity contribution in [3.05, 3.63) is 89.7 Å². The Morgan fingerprint density at radius 1 is 0.962 bits per heavy atom. The third-order valence-corrected chi connectivity index (χ3v) is 3.75. The highest BCUT2D eigenvalue weighted by Gasteiger charge is 2.07. The first-order valence-electron chi connectivity index (χ1n) is 8.07. The van der Waals surface area contributed by atoms with Crippen LogP contribution in [0.2, 0.25) is 0 Å². The van der Waals surface area contributed by atoms with E-state index >= 15 is 0 Å². The molecule has 0 saturated carbocycles. The van der Waals surface area contributed by atoms with Crippen LogP contribution in [0.4, 0.5) is 10.1 Å². The molecule has 0 radical (unpaired) electrons. The summed E-state index contributed by atoms with van der Waals surface area (Å²) in [6.45, 7) is 0.374. The summed E-state index contributed by atoms with van der Waals surface area (Å²) < 4.78 is 24.1. The van der Waals surface area contributed by atoms with E-state index in [1.807, 2.05) is 30.3 Å². The minimum atomic E-state index is -0.396. The molecule has 0 spiro atoms. The van der Waals surface area contributed by atoms with E-state index in [0.29, 0.717) is 23.6 Å². The van der Waals surface area contributed by atoms with Crippen molar-refractivity contribution in [1.82, 2.24) is 0 Å². The number of methoxy groups -OCH3 is 1. The smallest absolute Gasteiger partial charge is 0.255 e. The number of nitrogens with one attached hydrogen (secondary N) is 1. The molecule has 0 saturated heterocycles. The van der Waals surface area contributed by atoms with E-state index in [0.717, 1.165) is 11.3 Å². The van der Waals surface area contributed by atoms with Crippen LogP contribution >= 0.6 is 0 Å². The zero-order valence-electron chi connectivity index (χ0n) is 14.2. The second-order valence-corrected chi connectivity index (χ2v) is 5.63. The molecule has 5 heteroatoms. The van der Waals surface area contributed by atoms with Crippen LogP contribution in [-0.4, -0.2) is 13.0 Å². The number of carbonyl (C=O) groups excluding carboxylic acids is 1. The molecule has 4 nitrogen and oxygen atoms in total. The lowest BCUT2D eigenvalue weighted by Crippen LogP contribution is -2.12. The van der Waals surface area contributed by atoms with Crippen LogP contribution in [0.3, 0.4) is 0 Å². The highest BCUT2D eigenvalue weighted by Crippen LogP contribution is 2.20. The van der Waals surface area contributed by atoms with E-state index < -0.39 is 5.82 Å². The predicted octanol–water partition coefficient (Wildman–Crippen LogP) is 4.67. The summed E-state index contributed by atoms with van der Waals surface area (Å²) in [4.78, 5) is 12.2. The van der Waals surface area contributed by atoms with Crippen molar-refractivity contribution in [2.45, 2.75) is 6.61 Å². The van der Waals surface area contributed by atoms with Crippen molar-refractivity contribution < 1.29 is 18.7 Å². The second kappa shape index (κ2) is 8.16. The molecular weight excluding hydrogens is 333 g/mol. The van der Waals surface area contributed by atoms with Gasteiger partial charge in [-0.3, -0.25) is 4.79 Å². The number of halogens is 1. The molecule has 3 aromatic carbocycles. The van der Waals surface area contributed by atoms with Crippen molar-refractivity contribution in [2.24, 2.45) is 0 Å². The topological polar surface area (TPSA) is 47.6 Å². The van der Waals surface area contributed by atoms with Crippen molar-refractivity contribution >= 4 is 11.6 Å². The summed E-state index contributed by atoms with van der Waals surface area (Å²) in [5.74, 6) is 0.743. The van der Waals surface area contributed by atoms with Gasteiger partial charge in [-0.05, 0) is 48.0 Å². The van der Waals surface area contributed by atoms with E-state index in [9.17, 15) is 9.18 Å². The average molecular weight is 351 g/mol. The highest BCUT2D eigenvalue weighted by molar-refractivity contribution is 6.04. The van der Waals surface area contributed by atoms with Gasteiger partial charge in [0, 0.05) is 17.3 Å². The number of benzene rings is 3. The van der Waals surface area contributed by atoms with Crippen LogP contribution in [0.15, 0.2) is 72.8 Å². The molecule has 0 aliphatic heterocycles. The van der Waals surface area contributed by atoms with E-state index in [1.54, 1.807) is 37.4 Å².